The van der Waals surface area contributed by atoms with Gasteiger partial charge in [0.05, 0.1) is 11.7 Å². The van der Waals surface area contributed by atoms with Crippen LogP contribution in [0.1, 0.15) is 58.9 Å². The van der Waals surface area contributed by atoms with Crippen molar-refractivity contribution >= 4 is 21.6 Å². The lowest BCUT2D eigenvalue weighted by Gasteiger charge is -2.17. The van der Waals surface area contributed by atoms with Gasteiger partial charge in [0, 0.05) is 30.3 Å². The molecule has 1 aromatic heterocycles. The molecular formula is C23H27FN4O3S. The molecule has 1 amide bonds. The third-order valence-corrected chi connectivity index (χ3v) is 6.37. The number of carbonyl (C=O) groups is 1. The largest absolute Gasteiger partial charge is 0.364 e. The zero-order valence-corrected chi connectivity index (χ0v) is 19.0. The number of aryl methyl sites for hydroxylation is 1. The van der Waals surface area contributed by atoms with Crippen LogP contribution >= 0.6 is 0 Å². The maximum Gasteiger partial charge on any atom is 0.274 e. The third kappa shape index (κ3) is 5.91. The van der Waals surface area contributed by atoms with Crippen LogP contribution in [0.2, 0.25) is 0 Å². The number of sulfone groups is 1. The Hall–Kier alpha value is -2.81. The van der Waals surface area contributed by atoms with E-state index in [4.69, 9.17) is 0 Å². The molecule has 1 heterocycles. The van der Waals surface area contributed by atoms with E-state index in [2.05, 4.69) is 20.6 Å². The first-order chi connectivity index (χ1) is 15.2. The molecule has 32 heavy (non-hydrogen) atoms. The van der Waals surface area contributed by atoms with Gasteiger partial charge in [-0.25, -0.2) is 22.8 Å². The minimum absolute atomic E-state index is 0.141. The first-order valence-corrected chi connectivity index (χ1v) is 12.7. The highest BCUT2D eigenvalue weighted by molar-refractivity contribution is 7.93. The first kappa shape index (κ1) is 22.4. The van der Waals surface area contributed by atoms with Crippen LogP contribution in [0.25, 0.3) is 0 Å². The molecule has 0 aliphatic heterocycles. The molecule has 2 fully saturated rings. The van der Waals surface area contributed by atoms with E-state index in [9.17, 15) is 17.6 Å². The molecule has 0 spiro atoms. The van der Waals surface area contributed by atoms with Crippen molar-refractivity contribution in [2.24, 2.45) is 5.92 Å². The number of hydrogen-bond acceptors (Lipinski definition) is 6. The van der Waals surface area contributed by atoms with Crippen LogP contribution < -0.4 is 10.6 Å². The number of nitrogens with one attached hydrogen (secondary N) is 2. The number of benzene rings is 1. The van der Waals surface area contributed by atoms with Crippen molar-refractivity contribution in [2.45, 2.75) is 51.1 Å². The monoisotopic (exact) mass is 458 g/mol. The van der Waals surface area contributed by atoms with Crippen molar-refractivity contribution in [3.05, 3.63) is 64.2 Å². The fraction of sp³-hybridized carbons (Fsp3) is 0.435. The van der Waals surface area contributed by atoms with E-state index in [1.807, 2.05) is 6.92 Å². The predicted molar refractivity (Wildman–Crippen MR) is 120 cm³/mol. The molecule has 4 rings (SSSR count). The van der Waals surface area contributed by atoms with Crippen molar-refractivity contribution in [2.75, 3.05) is 11.6 Å². The van der Waals surface area contributed by atoms with Crippen molar-refractivity contribution in [1.29, 1.82) is 0 Å². The van der Waals surface area contributed by atoms with Crippen LogP contribution in [0.4, 0.5) is 10.2 Å². The Morgan fingerprint density at radius 3 is 2.69 bits per heavy atom. The number of amides is 1. The van der Waals surface area contributed by atoms with Gasteiger partial charge in [0.1, 0.15) is 5.82 Å². The standard InChI is InChI=1S/C23H27FN4O3S/c1-14-3-8-18(24)11-17(14)12-26-22-21(25-13-20(27-22)16-6-7-16)23(29)28-19(15-4-5-15)9-10-32(2,30)31/h3,8-11,13,15-16,19H,4-7,12H2,1-2H3,(H,26,27)(H,28,29)/b10-9+/t19-/m1/s1. The van der Waals surface area contributed by atoms with E-state index in [0.29, 0.717) is 18.3 Å². The molecule has 0 bridgehead atoms. The number of aromatic nitrogens is 2. The van der Waals surface area contributed by atoms with E-state index < -0.39 is 15.7 Å². The van der Waals surface area contributed by atoms with Crippen LogP contribution in [-0.2, 0) is 16.4 Å². The molecule has 2 aromatic rings. The lowest BCUT2D eigenvalue weighted by atomic mass is 10.1. The smallest absolute Gasteiger partial charge is 0.274 e. The van der Waals surface area contributed by atoms with Crippen molar-refractivity contribution in [1.82, 2.24) is 15.3 Å². The Kier molecular flexibility index (Phi) is 6.28. The SMILES string of the molecule is Cc1ccc(F)cc1CNc1nc(C2CC2)cnc1C(=O)N[C@H](/C=C/S(C)(=O)=O)C1CC1. The summed E-state index contributed by atoms with van der Waals surface area (Å²) in [5.74, 6) is 0.161. The number of nitrogens with zero attached hydrogens (tertiary/aromatic N) is 2. The van der Waals surface area contributed by atoms with E-state index in [0.717, 1.165) is 54.2 Å². The van der Waals surface area contributed by atoms with Gasteiger partial charge in [0.2, 0.25) is 0 Å². The zero-order valence-electron chi connectivity index (χ0n) is 18.1. The molecular weight excluding hydrogens is 431 g/mol. The molecule has 2 N–H and O–H groups in total. The van der Waals surface area contributed by atoms with Gasteiger partial charge in [-0.05, 0) is 61.8 Å². The summed E-state index contributed by atoms with van der Waals surface area (Å²) in [5, 5.41) is 7.19. The summed E-state index contributed by atoms with van der Waals surface area (Å²) < 4.78 is 36.7. The fourth-order valence-electron chi connectivity index (χ4n) is 3.50. The van der Waals surface area contributed by atoms with Gasteiger partial charge < -0.3 is 10.6 Å². The Balaban J connectivity index is 1.56. The number of rotatable bonds is 9. The van der Waals surface area contributed by atoms with Gasteiger partial charge in [-0.1, -0.05) is 12.1 Å². The number of anilines is 1. The van der Waals surface area contributed by atoms with Crippen LogP contribution in [0.5, 0.6) is 0 Å². The molecule has 1 atom stereocenters. The number of halogens is 1. The minimum atomic E-state index is -3.29. The molecule has 0 radical (unpaired) electrons. The zero-order chi connectivity index (χ0) is 22.9. The topological polar surface area (TPSA) is 101 Å². The molecule has 2 aliphatic carbocycles. The predicted octanol–water partition coefficient (Wildman–Crippen LogP) is 3.48. The second kappa shape index (κ2) is 8.97. The Morgan fingerprint density at radius 1 is 1.28 bits per heavy atom. The highest BCUT2D eigenvalue weighted by Gasteiger charge is 2.32. The lowest BCUT2D eigenvalue weighted by molar-refractivity contribution is 0.0936. The lowest BCUT2D eigenvalue weighted by Crippen LogP contribution is -2.36. The second-order valence-corrected chi connectivity index (χ2v) is 10.6. The summed E-state index contributed by atoms with van der Waals surface area (Å²) in [5.41, 5.74) is 2.66. The number of carbonyl (C=O) groups excluding carboxylic acids is 1. The van der Waals surface area contributed by atoms with Gasteiger partial charge >= 0.3 is 0 Å². The molecule has 9 heteroatoms. The van der Waals surface area contributed by atoms with Gasteiger partial charge in [-0.15, -0.1) is 0 Å². The summed E-state index contributed by atoms with van der Waals surface area (Å²) in [6.07, 6.45) is 8.22. The van der Waals surface area contributed by atoms with Gasteiger partial charge in [-0.3, -0.25) is 4.79 Å². The highest BCUT2D eigenvalue weighted by Crippen LogP contribution is 2.39. The van der Waals surface area contributed by atoms with Crippen molar-refractivity contribution < 1.29 is 17.6 Å². The molecule has 0 saturated heterocycles. The summed E-state index contributed by atoms with van der Waals surface area (Å²) >= 11 is 0. The Labute approximate surface area is 187 Å². The summed E-state index contributed by atoms with van der Waals surface area (Å²) in [6.45, 7) is 2.19. The molecule has 170 valence electrons. The van der Waals surface area contributed by atoms with Crippen molar-refractivity contribution in [3.63, 3.8) is 0 Å². The summed E-state index contributed by atoms with van der Waals surface area (Å²) in [7, 11) is -3.29. The minimum Gasteiger partial charge on any atom is -0.364 e. The average molecular weight is 459 g/mol. The maximum absolute atomic E-state index is 13.7. The average Bonchev–Trinajstić information content (AvgIpc) is 3.62. The van der Waals surface area contributed by atoms with E-state index >= 15 is 0 Å². The van der Waals surface area contributed by atoms with E-state index in [1.54, 1.807) is 12.3 Å². The summed E-state index contributed by atoms with van der Waals surface area (Å²) in [6, 6.07) is 4.19. The highest BCUT2D eigenvalue weighted by atomic mass is 32.2. The first-order valence-electron chi connectivity index (χ1n) is 10.7. The van der Waals surface area contributed by atoms with Crippen LogP contribution in [0.3, 0.4) is 0 Å². The third-order valence-electron chi connectivity index (χ3n) is 5.72. The maximum atomic E-state index is 13.7. The molecule has 2 aliphatic rings. The van der Waals surface area contributed by atoms with Gasteiger partial charge in [0.15, 0.2) is 21.3 Å². The van der Waals surface area contributed by atoms with Gasteiger partial charge in [0.25, 0.3) is 5.91 Å². The molecule has 1 aromatic carbocycles. The van der Waals surface area contributed by atoms with Gasteiger partial charge in [-0.2, -0.15) is 0 Å². The quantitative estimate of drug-likeness (QED) is 0.597. The van der Waals surface area contributed by atoms with Crippen molar-refractivity contribution in [3.8, 4) is 0 Å². The second-order valence-electron chi connectivity index (χ2n) is 8.69. The molecule has 7 nitrogen and oxygen atoms in total. The normalized spacial score (nSPS) is 17.3. The molecule has 0 unspecified atom stereocenters. The fourth-order valence-corrected chi connectivity index (χ4v) is 3.96. The Bertz CT molecular complexity index is 1160. The van der Waals surface area contributed by atoms with Crippen LogP contribution in [-0.4, -0.2) is 36.6 Å². The Morgan fingerprint density at radius 2 is 2.03 bits per heavy atom. The molecule has 2 saturated carbocycles. The van der Waals surface area contributed by atoms with E-state index in [-0.39, 0.29) is 23.5 Å². The van der Waals surface area contributed by atoms with E-state index in [1.165, 1.54) is 18.2 Å². The van der Waals surface area contributed by atoms with Crippen LogP contribution in [0.15, 0.2) is 35.9 Å². The number of hydrogen-bond donors (Lipinski definition) is 2. The van der Waals surface area contributed by atoms with Crippen LogP contribution in [0, 0.1) is 18.7 Å². The summed E-state index contributed by atoms with van der Waals surface area (Å²) in [4.78, 5) is 22.1.